The zero-order valence-electron chi connectivity index (χ0n) is 12.8. The third-order valence-corrected chi connectivity index (χ3v) is 4.87. The van der Waals surface area contributed by atoms with Gasteiger partial charge in [-0.15, -0.1) is 11.6 Å². The lowest BCUT2D eigenvalue weighted by atomic mass is 9.88. The van der Waals surface area contributed by atoms with Crippen LogP contribution in [0.15, 0.2) is 42.5 Å². The summed E-state index contributed by atoms with van der Waals surface area (Å²) in [6, 6.07) is 14.4. The molecule has 22 heavy (non-hydrogen) atoms. The molecule has 0 unspecified atom stereocenters. The smallest absolute Gasteiger partial charge is 0.241 e. The summed E-state index contributed by atoms with van der Waals surface area (Å²) in [6.07, 6.45) is 6.33. The van der Waals surface area contributed by atoms with E-state index in [1.54, 1.807) is 0 Å². The molecule has 0 radical (unpaired) electrons. The van der Waals surface area contributed by atoms with Crippen molar-refractivity contribution in [2.75, 3.05) is 17.3 Å². The van der Waals surface area contributed by atoms with Gasteiger partial charge in [-0.05, 0) is 30.2 Å². The van der Waals surface area contributed by atoms with Crippen molar-refractivity contribution in [3.63, 3.8) is 0 Å². The minimum Gasteiger partial charge on any atom is -0.310 e. The molecular formula is C19H22ClNO. The van der Waals surface area contributed by atoms with Gasteiger partial charge in [-0.2, -0.15) is 0 Å². The third kappa shape index (κ3) is 3.27. The number of hydrogen-bond donors (Lipinski definition) is 0. The number of amides is 1. The van der Waals surface area contributed by atoms with E-state index in [9.17, 15) is 4.79 Å². The number of halogens is 1. The van der Waals surface area contributed by atoms with Crippen molar-refractivity contribution in [2.24, 2.45) is 5.92 Å². The van der Waals surface area contributed by atoms with Gasteiger partial charge in [-0.25, -0.2) is 0 Å². The van der Waals surface area contributed by atoms with Crippen LogP contribution < -0.4 is 4.90 Å². The molecule has 0 heterocycles. The fourth-order valence-corrected chi connectivity index (χ4v) is 3.62. The number of fused-ring (bicyclic) bond motifs is 1. The number of nitrogens with zero attached hydrogens (tertiary/aromatic N) is 1. The second-order valence-corrected chi connectivity index (χ2v) is 6.41. The van der Waals surface area contributed by atoms with Gasteiger partial charge >= 0.3 is 0 Å². The first-order valence-electron chi connectivity index (χ1n) is 8.13. The Morgan fingerprint density at radius 3 is 2.55 bits per heavy atom. The Labute approximate surface area is 137 Å². The topological polar surface area (TPSA) is 20.3 Å². The van der Waals surface area contributed by atoms with E-state index in [2.05, 4.69) is 18.2 Å². The number of carbonyl (C=O) groups is 1. The van der Waals surface area contributed by atoms with E-state index in [0.29, 0.717) is 5.92 Å². The zero-order chi connectivity index (χ0) is 15.4. The minimum absolute atomic E-state index is 0.00333. The first kappa shape index (κ1) is 15.4. The molecule has 1 saturated carbocycles. The van der Waals surface area contributed by atoms with Gasteiger partial charge in [0, 0.05) is 11.9 Å². The van der Waals surface area contributed by atoms with Crippen molar-refractivity contribution in [3.8, 4) is 0 Å². The summed E-state index contributed by atoms with van der Waals surface area (Å²) < 4.78 is 0. The van der Waals surface area contributed by atoms with Gasteiger partial charge in [-0.3, -0.25) is 4.79 Å². The highest BCUT2D eigenvalue weighted by atomic mass is 35.5. The normalized spacial score (nSPS) is 15.9. The average molecular weight is 316 g/mol. The lowest BCUT2D eigenvalue weighted by molar-refractivity contribution is -0.116. The Morgan fingerprint density at radius 1 is 1.05 bits per heavy atom. The Morgan fingerprint density at radius 2 is 1.77 bits per heavy atom. The quantitative estimate of drug-likeness (QED) is 0.728. The van der Waals surface area contributed by atoms with Gasteiger partial charge in [-0.1, -0.05) is 55.7 Å². The SMILES string of the molecule is O=C(CCl)N(CC1CCCCC1)c1cccc2ccccc12. The molecule has 3 heteroatoms. The highest BCUT2D eigenvalue weighted by Gasteiger charge is 2.22. The summed E-state index contributed by atoms with van der Waals surface area (Å²) in [5.74, 6) is 0.638. The van der Waals surface area contributed by atoms with Crippen LogP contribution in [0.1, 0.15) is 32.1 Å². The lowest BCUT2D eigenvalue weighted by Crippen LogP contribution is -2.37. The molecule has 116 valence electrons. The van der Waals surface area contributed by atoms with Gasteiger partial charge in [0.05, 0.1) is 5.69 Å². The molecule has 0 aliphatic heterocycles. The molecule has 0 bridgehead atoms. The van der Waals surface area contributed by atoms with E-state index in [-0.39, 0.29) is 11.8 Å². The monoisotopic (exact) mass is 315 g/mol. The van der Waals surface area contributed by atoms with E-state index >= 15 is 0 Å². The summed E-state index contributed by atoms with van der Waals surface area (Å²) in [5, 5.41) is 2.29. The van der Waals surface area contributed by atoms with Crippen molar-refractivity contribution in [3.05, 3.63) is 42.5 Å². The standard InChI is InChI=1S/C19H22ClNO/c20-13-19(22)21(14-15-7-2-1-3-8-15)18-12-6-10-16-9-4-5-11-17(16)18/h4-6,9-12,15H,1-3,7-8,13-14H2. The number of carbonyl (C=O) groups excluding carboxylic acids is 1. The predicted octanol–water partition coefficient (Wildman–Crippen LogP) is 4.99. The van der Waals surface area contributed by atoms with Gasteiger partial charge in [0.15, 0.2) is 0 Å². The second-order valence-electron chi connectivity index (χ2n) is 6.14. The van der Waals surface area contributed by atoms with Crippen LogP contribution in [0.5, 0.6) is 0 Å². The van der Waals surface area contributed by atoms with Crippen LogP contribution >= 0.6 is 11.6 Å². The van der Waals surface area contributed by atoms with Crippen molar-refractivity contribution in [2.45, 2.75) is 32.1 Å². The van der Waals surface area contributed by atoms with Gasteiger partial charge in [0.2, 0.25) is 5.91 Å². The summed E-state index contributed by atoms with van der Waals surface area (Å²) in [4.78, 5) is 14.3. The fourth-order valence-electron chi connectivity index (χ4n) is 3.48. The van der Waals surface area contributed by atoms with E-state index in [4.69, 9.17) is 11.6 Å². The van der Waals surface area contributed by atoms with Crippen LogP contribution in [0.25, 0.3) is 10.8 Å². The molecule has 0 N–H and O–H groups in total. The van der Waals surface area contributed by atoms with Crippen LogP contribution in [-0.2, 0) is 4.79 Å². The molecule has 1 aliphatic carbocycles. The number of rotatable bonds is 4. The van der Waals surface area contributed by atoms with Crippen LogP contribution in [0.3, 0.4) is 0 Å². The largest absolute Gasteiger partial charge is 0.310 e. The number of alkyl halides is 1. The van der Waals surface area contributed by atoms with E-state index < -0.39 is 0 Å². The average Bonchev–Trinajstić information content (AvgIpc) is 2.59. The zero-order valence-corrected chi connectivity index (χ0v) is 13.6. The molecule has 2 nitrogen and oxygen atoms in total. The summed E-state index contributed by atoms with van der Waals surface area (Å²) >= 11 is 5.87. The predicted molar refractivity (Wildman–Crippen MR) is 93.6 cm³/mol. The molecule has 0 atom stereocenters. The maximum absolute atomic E-state index is 12.4. The Kier molecular flexibility index (Phi) is 4.99. The van der Waals surface area contributed by atoms with E-state index in [1.165, 1.54) is 32.1 Å². The molecule has 2 aromatic carbocycles. The summed E-state index contributed by atoms with van der Waals surface area (Å²) in [6.45, 7) is 0.791. The molecule has 1 amide bonds. The molecular weight excluding hydrogens is 294 g/mol. The summed E-state index contributed by atoms with van der Waals surface area (Å²) in [5.41, 5.74) is 0.995. The van der Waals surface area contributed by atoms with Gasteiger partial charge in [0.25, 0.3) is 0 Å². The van der Waals surface area contributed by atoms with Crippen LogP contribution in [0.4, 0.5) is 5.69 Å². The molecule has 1 fully saturated rings. The number of benzene rings is 2. The maximum atomic E-state index is 12.4. The fraction of sp³-hybridized carbons (Fsp3) is 0.421. The number of hydrogen-bond acceptors (Lipinski definition) is 1. The Hall–Kier alpha value is -1.54. The highest BCUT2D eigenvalue weighted by Crippen LogP contribution is 2.31. The Balaban J connectivity index is 1.95. The maximum Gasteiger partial charge on any atom is 0.241 e. The first-order valence-corrected chi connectivity index (χ1v) is 8.67. The molecule has 0 aromatic heterocycles. The molecule has 1 aliphatic rings. The van der Waals surface area contributed by atoms with Gasteiger partial charge in [0.1, 0.15) is 5.88 Å². The Bertz CT molecular complexity index is 643. The van der Waals surface area contributed by atoms with Crippen LogP contribution in [0.2, 0.25) is 0 Å². The summed E-state index contributed by atoms with van der Waals surface area (Å²) in [7, 11) is 0. The molecule has 2 aromatic rings. The van der Waals surface area contributed by atoms with Crippen molar-refractivity contribution < 1.29 is 4.79 Å². The molecule has 0 spiro atoms. The van der Waals surface area contributed by atoms with Crippen molar-refractivity contribution in [1.29, 1.82) is 0 Å². The van der Waals surface area contributed by atoms with Crippen LogP contribution in [-0.4, -0.2) is 18.3 Å². The first-order chi connectivity index (χ1) is 10.8. The highest BCUT2D eigenvalue weighted by molar-refractivity contribution is 6.29. The number of anilines is 1. The third-order valence-electron chi connectivity index (χ3n) is 4.64. The van der Waals surface area contributed by atoms with Gasteiger partial charge < -0.3 is 4.90 Å². The molecule has 0 saturated heterocycles. The molecule has 3 rings (SSSR count). The van der Waals surface area contributed by atoms with E-state index in [0.717, 1.165) is 23.0 Å². The van der Waals surface area contributed by atoms with Crippen molar-refractivity contribution in [1.82, 2.24) is 0 Å². The van der Waals surface area contributed by atoms with Crippen LogP contribution in [0, 0.1) is 5.92 Å². The van der Waals surface area contributed by atoms with E-state index in [1.807, 2.05) is 29.2 Å². The lowest BCUT2D eigenvalue weighted by Gasteiger charge is -2.30. The minimum atomic E-state index is 0.00333. The second kappa shape index (κ2) is 7.15. The van der Waals surface area contributed by atoms with Crippen molar-refractivity contribution >= 4 is 34.0 Å².